The molecule has 0 spiro atoms. The van der Waals surface area contributed by atoms with Gasteiger partial charge < -0.3 is 9.84 Å². The third kappa shape index (κ3) is 2.62. The molecule has 1 N–H and O–H groups in total. The Bertz CT molecular complexity index is 563. The summed E-state index contributed by atoms with van der Waals surface area (Å²) < 4.78 is 6.31. The second kappa shape index (κ2) is 4.82. The first-order valence-corrected chi connectivity index (χ1v) is 6.84. The van der Waals surface area contributed by atoms with E-state index in [9.17, 15) is 0 Å². The first kappa shape index (κ1) is 11.9. The minimum Gasteiger partial charge on any atom is -0.338 e. The molecular formula is C13H14BrN3O. The van der Waals surface area contributed by atoms with Crippen molar-refractivity contribution in [2.24, 2.45) is 0 Å². The molecule has 1 saturated carbocycles. The van der Waals surface area contributed by atoms with Gasteiger partial charge in [-0.3, -0.25) is 0 Å². The first-order chi connectivity index (χ1) is 8.72. The van der Waals surface area contributed by atoms with Crippen LogP contribution in [0.1, 0.15) is 24.3 Å². The number of hydrogen-bond donors (Lipinski definition) is 1. The fourth-order valence-electron chi connectivity index (χ4n) is 1.83. The van der Waals surface area contributed by atoms with Crippen LogP contribution in [0.4, 0.5) is 0 Å². The van der Waals surface area contributed by atoms with Crippen LogP contribution in [0.5, 0.6) is 0 Å². The summed E-state index contributed by atoms with van der Waals surface area (Å²) in [4.78, 5) is 4.42. The lowest BCUT2D eigenvalue weighted by molar-refractivity contribution is 0.367. The van der Waals surface area contributed by atoms with E-state index in [1.165, 1.54) is 12.8 Å². The van der Waals surface area contributed by atoms with Crippen molar-refractivity contribution in [2.45, 2.75) is 32.4 Å². The zero-order chi connectivity index (χ0) is 12.5. The third-order valence-corrected chi connectivity index (χ3v) is 3.51. The Labute approximate surface area is 114 Å². The van der Waals surface area contributed by atoms with Crippen molar-refractivity contribution < 1.29 is 4.52 Å². The van der Waals surface area contributed by atoms with Gasteiger partial charge in [0.2, 0.25) is 11.7 Å². The smallest absolute Gasteiger partial charge is 0.240 e. The van der Waals surface area contributed by atoms with E-state index in [1.807, 2.05) is 25.1 Å². The van der Waals surface area contributed by atoms with Gasteiger partial charge in [-0.05, 0) is 43.5 Å². The second-order valence-electron chi connectivity index (χ2n) is 4.63. The van der Waals surface area contributed by atoms with E-state index >= 15 is 0 Å². The fourth-order valence-corrected chi connectivity index (χ4v) is 2.31. The van der Waals surface area contributed by atoms with Crippen LogP contribution in [-0.2, 0) is 6.54 Å². The normalized spacial score (nSPS) is 15.0. The highest BCUT2D eigenvalue weighted by molar-refractivity contribution is 9.10. The zero-order valence-corrected chi connectivity index (χ0v) is 11.7. The Hall–Kier alpha value is -1.20. The number of benzene rings is 1. The molecule has 18 heavy (non-hydrogen) atoms. The first-order valence-electron chi connectivity index (χ1n) is 6.05. The summed E-state index contributed by atoms with van der Waals surface area (Å²) >= 11 is 3.45. The molecule has 0 amide bonds. The van der Waals surface area contributed by atoms with Crippen LogP contribution in [0.3, 0.4) is 0 Å². The molecule has 3 rings (SSSR count). The van der Waals surface area contributed by atoms with Gasteiger partial charge in [-0.1, -0.05) is 21.1 Å². The predicted molar refractivity (Wildman–Crippen MR) is 72.0 cm³/mol. The summed E-state index contributed by atoms with van der Waals surface area (Å²) in [5.74, 6) is 1.31. The number of aromatic nitrogens is 2. The van der Waals surface area contributed by atoms with Crippen LogP contribution in [0, 0.1) is 6.92 Å². The monoisotopic (exact) mass is 307 g/mol. The van der Waals surface area contributed by atoms with Crippen LogP contribution < -0.4 is 5.32 Å². The van der Waals surface area contributed by atoms with Crippen molar-refractivity contribution >= 4 is 15.9 Å². The van der Waals surface area contributed by atoms with Crippen LogP contribution in [-0.4, -0.2) is 16.2 Å². The van der Waals surface area contributed by atoms with Gasteiger partial charge in [-0.2, -0.15) is 4.98 Å². The van der Waals surface area contributed by atoms with E-state index in [4.69, 9.17) is 4.52 Å². The van der Waals surface area contributed by atoms with Gasteiger partial charge in [0.25, 0.3) is 0 Å². The topological polar surface area (TPSA) is 51.0 Å². The lowest BCUT2D eigenvalue weighted by atomic mass is 10.1. The van der Waals surface area contributed by atoms with Gasteiger partial charge in [0.05, 0.1) is 6.54 Å². The average molecular weight is 308 g/mol. The van der Waals surface area contributed by atoms with Crippen LogP contribution in [0.15, 0.2) is 27.2 Å². The van der Waals surface area contributed by atoms with Gasteiger partial charge >= 0.3 is 0 Å². The molecular weight excluding hydrogens is 294 g/mol. The molecule has 0 aliphatic heterocycles. The Morgan fingerprint density at radius 3 is 3.00 bits per heavy atom. The van der Waals surface area contributed by atoms with E-state index in [2.05, 4.69) is 31.4 Å². The van der Waals surface area contributed by atoms with Gasteiger partial charge in [0.1, 0.15) is 0 Å². The maximum absolute atomic E-state index is 5.25. The molecule has 94 valence electrons. The van der Waals surface area contributed by atoms with Gasteiger partial charge in [0, 0.05) is 16.1 Å². The molecule has 0 saturated heterocycles. The molecule has 2 aromatic rings. The lowest BCUT2D eigenvalue weighted by Crippen LogP contribution is -2.15. The molecule has 0 bridgehead atoms. The Morgan fingerprint density at radius 1 is 1.44 bits per heavy atom. The highest BCUT2D eigenvalue weighted by Gasteiger charge is 2.21. The third-order valence-electron chi connectivity index (χ3n) is 3.02. The molecule has 1 aromatic carbocycles. The summed E-state index contributed by atoms with van der Waals surface area (Å²) in [6, 6.07) is 6.69. The summed E-state index contributed by atoms with van der Waals surface area (Å²) in [7, 11) is 0. The van der Waals surface area contributed by atoms with E-state index < -0.39 is 0 Å². The van der Waals surface area contributed by atoms with Gasteiger partial charge in [-0.15, -0.1) is 0 Å². The maximum atomic E-state index is 5.25. The van der Waals surface area contributed by atoms with Crippen molar-refractivity contribution in [3.8, 4) is 11.4 Å². The fraction of sp³-hybridized carbons (Fsp3) is 0.385. The minimum absolute atomic E-state index is 0.648. The average Bonchev–Trinajstić information content (AvgIpc) is 3.05. The number of rotatable bonds is 4. The molecule has 0 radical (unpaired) electrons. The minimum atomic E-state index is 0.648. The van der Waals surface area contributed by atoms with E-state index in [0.29, 0.717) is 24.3 Å². The van der Waals surface area contributed by atoms with E-state index in [1.54, 1.807) is 0 Å². The Morgan fingerprint density at radius 2 is 2.28 bits per heavy atom. The van der Waals surface area contributed by atoms with Gasteiger partial charge in [-0.25, -0.2) is 0 Å². The van der Waals surface area contributed by atoms with Crippen molar-refractivity contribution in [3.05, 3.63) is 34.1 Å². The van der Waals surface area contributed by atoms with Crippen molar-refractivity contribution in [2.75, 3.05) is 0 Å². The lowest BCUT2D eigenvalue weighted by Gasteiger charge is -2.00. The number of aryl methyl sites for hydroxylation is 1. The van der Waals surface area contributed by atoms with Crippen molar-refractivity contribution in [1.82, 2.24) is 15.5 Å². The van der Waals surface area contributed by atoms with Crippen molar-refractivity contribution in [1.29, 1.82) is 0 Å². The summed E-state index contributed by atoms with van der Waals surface area (Å²) in [6.07, 6.45) is 2.51. The second-order valence-corrected chi connectivity index (χ2v) is 5.54. The van der Waals surface area contributed by atoms with Crippen molar-refractivity contribution in [3.63, 3.8) is 0 Å². The summed E-state index contributed by atoms with van der Waals surface area (Å²) in [5, 5.41) is 7.39. The molecule has 4 nitrogen and oxygen atoms in total. The molecule has 1 fully saturated rings. The maximum Gasteiger partial charge on any atom is 0.240 e. The van der Waals surface area contributed by atoms with Gasteiger partial charge in [0.15, 0.2) is 0 Å². The molecule has 0 unspecified atom stereocenters. The van der Waals surface area contributed by atoms with Crippen LogP contribution in [0.2, 0.25) is 0 Å². The van der Waals surface area contributed by atoms with Crippen LogP contribution >= 0.6 is 15.9 Å². The number of nitrogens with one attached hydrogen (secondary N) is 1. The number of nitrogens with zero attached hydrogens (tertiary/aromatic N) is 2. The summed E-state index contributed by atoms with van der Waals surface area (Å²) in [6.45, 7) is 2.70. The van der Waals surface area contributed by atoms with E-state index in [-0.39, 0.29) is 0 Å². The standard InChI is InChI=1S/C13H14BrN3O/c1-8-6-9(14)2-5-11(8)13-16-12(18-17-13)7-15-10-3-4-10/h2,5-6,10,15H,3-4,7H2,1H3. The molecule has 1 aromatic heterocycles. The Balaban J connectivity index is 1.78. The predicted octanol–water partition coefficient (Wildman–Crippen LogP) is 3.06. The molecule has 1 heterocycles. The Kier molecular flexibility index (Phi) is 3.18. The largest absolute Gasteiger partial charge is 0.338 e. The zero-order valence-electron chi connectivity index (χ0n) is 10.1. The highest BCUT2D eigenvalue weighted by atomic mass is 79.9. The molecule has 0 atom stereocenters. The molecule has 1 aliphatic carbocycles. The highest BCUT2D eigenvalue weighted by Crippen LogP contribution is 2.24. The quantitative estimate of drug-likeness (QED) is 0.943. The summed E-state index contributed by atoms with van der Waals surface area (Å²) in [5.41, 5.74) is 2.14. The SMILES string of the molecule is Cc1cc(Br)ccc1-c1noc(CNC2CC2)n1. The molecule has 1 aliphatic rings. The molecule has 5 heteroatoms. The van der Waals surface area contributed by atoms with Crippen LogP contribution in [0.25, 0.3) is 11.4 Å². The number of hydrogen-bond acceptors (Lipinski definition) is 4. The number of halogens is 1. The van der Waals surface area contributed by atoms with E-state index in [0.717, 1.165) is 15.6 Å².